The van der Waals surface area contributed by atoms with Crippen LogP contribution in [0.2, 0.25) is 0 Å². The third-order valence-corrected chi connectivity index (χ3v) is 6.66. The van der Waals surface area contributed by atoms with Crippen molar-refractivity contribution >= 4 is 11.8 Å². The topological polar surface area (TPSA) is 71.1 Å². The monoisotopic (exact) mass is 429 g/mol. The standard InChI is InChI=1S/C24H35N3O4/c1-24(2,3)23(29)27-12-10-26(11-13-27)21(18-6-4-5-7-18)22(28)25-15-17-8-9-19-20(14-17)31-16-30-19/h8-9,14,18,21H,4-7,10-13,15-16H2,1-3H3,(H,25,28). The van der Waals surface area contributed by atoms with Gasteiger partial charge in [0.25, 0.3) is 0 Å². The molecule has 7 nitrogen and oxygen atoms in total. The van der Waals surface area contributed by atoms with Crippen molar-refractivity contribution in [1.82, 2.24) is 15.1 Å². The molecule has 1 aromatic rings. The summed E-state index contributed by atoms with van der Waals surface area (Å²) in [6, 6.07) is 5.67. The van der Waals surface area contributed by atoms with E-state index in [1.165, 1.54) is 12.8 Å². The first-order valence-electron chi connectivity index (χ1n) is 11.5. The van der Waals surface area contributed by atoms with Crippen LogP contribution in [0.5, 0.6) is 11.5 Å². The van der Waals surface area contributed by atoms with Gasteiger partial charge in [-0.3, -0.25) is 14.5 Å². The van der Waals surface area contributed by atoms with Crippen LogP contribution in [0.15, 0.2) is 18.2 Å². The lowest BCUT2D eigenvalue weighted by Gasteiger charge is -2.42. The Bertz CT molecular complexity index is 806. The van der Waals surface area contributed by atoms with Gasteiger partial charge in [-0.15, -0.1) is 0 Å². The number of carbonyl (C=O) groups is 2. The minimum Gasteiger partial charge on any atom is -0.454 e. The molecule has 1 unspecified atom stereocenters. The molecule has 1 atom stereocenters. The van der Waals surface area contributed by atoms with Gasteiger partial charge < -0.3 is 19.7 Å². The molecule has 0 bridgehead atoms. The lowest BCUT2D eigenvalue weighted by molar-refractivity contribution is -0.142. The van der Waals surface area contributed by atoms with E-state index in [4.69, 9.17) is 9.47 Å². The zero-order valence-corrected chi connectivity index (χ0v) is 19.0. The van der Waals surface area contributed by atoms with Crippen LogP contribution in [-0.4, -0.2) is 60.6 Å². The molecule has 2 fully saturated rings. The van der Waals surface area contributed by atoms with Gasteiger partial charge in [0.05, 0.1) is 6.04 Å². The van der Waals surface area contributed by atoms with Crippen LogP contribution in [0.25, 0.3) is 0 Å². The van der Waals surface area contributed by atoms with E-state index in [1.54, 1.807) is 0 Å². The molecule has 4 rings (SSSR count). The predicted molar refractivity (Wildman–Crippen MR) is 118 cm³/mol. The Morgan fingerprint density at radius 1 is 1.06 bits per heavy atom. The first-order chi connectivity index (χ1) is 14.8. The Labute approximate surface area is 185 Å². The van der Waals surface area contributed by atoms with Crippen molar-refractivity contribution in [2.45, 2.75) is 59.0 Å². The van der Waals surface area contributed by atoms with Crippen LogP contribution >= 0.6 is 0 Å². The second-order valence-corrected chi connectivity index (χ2v) is 9.97. The highest BCUT2D eigenvalue weighted by Crippen LogP contribution is 2.33. The van der Waals surface area contributed by atoms with Gasteiger partial charge in [-0.05, 0) is 36.5 Å². The fourth-order valence-electron chi connectivity index (χ4n) is 4.97. The van der Waals surface area contributed by atoms with E-state index >= 15 is 0 Å². The molecule has 0 aromatic heterocycles. The van der Waals surface area contributed by atoms with Gasteiger partial charge in [0.15, 0.2) is 11.5 Å². The van der Waals surface area contributed by atoms with Crippen molar-refractivity contribution in [2.75, 3.05) is 33.0 Å². The molecule has 2 amide bonds. The largest absolute Gasteiger partial charge is 0.454 e. The molecule has 7 heteroatoms. The van der Waals surface area contributed by atoms with E-state index in [2.05, 4.69) is 10.2 Å². The molecule has 1 aliphatic carbocycles. The molecule has 2 aliphatic heterocycles. The number of rotatable bonds is 5. The predicted octanol–water partition coefficient (Wildman–Crippen LogP) is 2.78. The van der Waals surface area contributed by atoms with Gasteiger partial charge in [-0.1, -0.05) is 39.7 Å². The van der Waals surface area contributed by atoms with Crippen LogP contribution in [0.3, 0.4) is 0 Å². The molecule has 170 valence electrons. The second-order valence-electron chi connectivity index (χ2n) is 9.97. The van der Waals surface area contributed by atoms with Crippen molar-refractivity contribution < 1.29 is 19.1 Å². The van der Waals surface area contributed by atoms with Crippen molar-refractivity contribution in [2.24, 2.45) is 11.3 Å². The molecular weight excluding hydrogens is 394 g/mol. The van der Waals surface area contributed by atoms with Gasteiger partial charge >= 0.3 is 0 Å². The van der Waals surface area contributed by atoms with E-state index in [-0.39, 0.29) is 30.1 Å². The third kappa shape index (κ3) is 4.97. The number of hydrogen-bond acceptors (Lipinski definition) is 5. The first kappa shape index (κ1) is 21.9. The minimum atomic E-state index is -0.366. The van der Waals surface area contributed by atoms with E-state index in [9.17, 15) is 9.59 Å². The van der Waals surface area contributed by atoms with Crippen molar-refractivity contribution in [3.05, 3.63) is 23.8 Å². The van der Waals surface area contributed by atoms with E-state index in [1.807, 2.05) is 43.9 Å². The summed E-state index contributed by atoms with van der Waals surface area (Å²) in [6.07, 6.45) is 4.59. The summed E-state index contributed by atoms with van der Waals surface area (Å²) < 4.78 is 10.8. The highest BCUT2D eigenvalue weighted by Gasteiger charge is 2.38. The number of nitrogens with one attached hydrogen (secondary N) is 1. The Hall–Kier alpha value is -2.28. The normalized spacial score (nSPS) is 20.7. The minimum absolute atomic E-state index is 0.0974. The number of nitrogens with zero attached hydrogens (tertiary/aromatic N) is 2. The van der Waals surface area contributed by atoms with Crippen LogP contribution in [0.4, 0.5) is 0 Å². The molecule has 31 heavy (non-hydrogen) atoms. The molecule has 1 aromatic carbocycles. The van der Waals surface area contributed by atoms with Crippen LogP contribution < -0.4 is 14.8 Å². The Morgan fingerprint density at radius 3 is 2.42 bits per heavy atom. The maximum Gasteiger partial charge on any atom is 0.237 e. The summed E-state index contributed by atoms with van der Waals surface area (Å²) in [4.78, 5) is 30.2. The number of benzene rings is 1. The van der Waals surface area contributed by atoms with Crippen molar-refractivity contribution in [3.8, 4) is 11.5 Å². The van der Waals surface area contributed by atoms with Crippen LogP contribution in [-0.2, 0) is 16.1 Å². The summed E-state index contributed by atoms with van der Waals surface area (Å²) in [7, 11) is 0. The summed E-state index contributed by atoms with van der Waals surface area (Å²) in [6.45, 7) is 9.50. The van der Waals surface area contributed by atoms with E-state index in [0.29, 0.717) is 25.6 Å². The molecule has 1 saturated carbocycles. The zero-order valence-electron chi connectivity index (χ0n) is 19.0. The molecule has 0 radical (unpaired) electrons. The molecule has 0 spiro atoms. The van der Waals surface area contributed by atoms with Gasteiger partial charge in [0.2, 0.25) is 18.6 Å². The highest BCUT2D eigenvalue weighted by molar-refractivity contribution is 5.83. The molecular formula is C24H35N3O4. The smallest absolute Gasteiger partial charge is 0.237 e. The maximum absolute atomic E-state index is 13.3. The summed E-state index contributed by atoms with van der Waals surface area (Å²) in [5.74, 6) is 2.17. The lowest BCUT2D eigenvalue weighted by Crippen LogP contribution is -2.58. The second kappa shape index (κ2) is 9.07. The Morgan fingerprint density at radius 2 is 1.74 bits per heavy atom. The number of amides is 2. The number of piperazine rings is 1. The number of carbonyl (C=O) groups excluding carboxylic acids is 2. The van der Waals surface area contributed by atoms with E-state index in [0.717, 1.165) is 43.0 Å². The van der Waals surface area contributed by atoms with Crippen molar-refractivity contribution in [3.63, 3.8) is 0 Å². The average Bonchev–Trinajstić information content (AvgIpc) is 3.43. The highest BCUT2D eigenvalue weighted by atomic mass is 16.7. The molecule has 1 N–H and O–H groups in total. The first-order valence-corrected chi connectivity index (χ1v) is 11.5. The van der Waals surface area contributed by atoms with Crippen LogP contribution in [0, 0.1) is 11.3 Å². The van der Waals surface area contributed by atoms with Gasteiger partial charge in [0, 0.05) is 38.1 Å². The SMILES string of the molecule is CC(C)(C)C(=O)N1CCN(C(C(=O)NCc2ccc3c(c2)OCO3)C2CCCC2)CC1. The molecule has 3 aliphatic rings. The fourth-order valence-corrected chi connectivity index (χ4v) is 4.97. The summed E-state index contributed by atoms with van der Waals surface area (Å²) in [5, 5.41) is 3.17. The lowest BCUT2D eigenvalue weighted by atomic mass is 9.93. The quantitative estimate of drug-likeness (QED) is 0.779. The Kier molecular flexibility index (Phi) is 6.42. The summed E-state index contributed by atoms with van der Waals surface area (Å²) >= 11 is 0. The molecule has 2 heterocycles. The number of fused-ring (bicyclic) bond motifs is 1. The summed E-state index contributed by atoms with van der Waals surface area (Å²) in [5.41, 5.74) is 0.637. The maximum atomic E-state index is 13.3. The fraction of sp³-hybridized carbons (Fsp3) is 0.667. The average molecular weight is 430 g/mol. The number of ether oxygens (including phenoxy) is 2. The van der Waals surface area contributed by atoms with Crippen LogP contribution in [0.1, 0.15) is 52.0 Å². The van der Waals surface area contributed by atoms with E-state index < -0.39 is 0 Å². The molecule has 1 saturated heterocycles. The third-order valence-electron chi connectivity index (χ3n) is 6.66. The van der Waals surface area contributed by atoms with Crippen molar-refractivity contribution in [1.29, 1.82) is 0 Å². The Balaban J connectivity index is 1.38. The number of hydrogen-bond donors (Lipinski definition) is 1. The van der Waals surface area contributed by atoms with Gasteiger partial charge in [-0.25, -0.2) is 0 Å². The van der Waals surface area contributed by atoms with Gasteiger partial charge in [0.1, 0.15) is 0 Å². The van der Waals surface area contributed by atoms with Gasteiger partial charge in [-0.2, -0.15) is 0 Å². The zero-order chi connectivity index (χ0) is 22.0.